The number of rotatable bonds is 6. The predicted octanol–water partition coefficient (Wildman–Crippen LogP) is 0.844. The molecule has 7 nitrogen and oxygen atoms in total. The number of nitrogens with one attached hydrogen (secondary N) is 1. The molecule has 1 saturated heterocycles. The monoisotopic (exact) mass is 334 g/mol. The maximum Gasteiger partial charge on any atom is 0.270 e. The number of likely N-dealkylation sites (N-methyl/N-ethyl adjacent to an activating group) is 1. The van der Waals surface area contributed by atoms with Crippen LogP contribution >= 0.6 is 0 Å². The quantitative estimate of drug-likeness (QED) is 0.782. The standard InChI is InChI=1S/C17H26N4O3/c1-4-20(5-2)16(23)12-19-6-8-21(9-7-19)17(24)15-10-14(11-18-15)13(3)22/h10-11,18H,4-9,12H2,1-3H3. The molecule has 1 fully saturated rings. The van der Waals surface area contributed by atoms with E-state index < -0.39 is 0 Å². The first kappa shape index (κ1) is 18.2. The van der Waals surface area contributed by atoms with E-state index in [0.717, 1.165) is 13.1 Å². The number of aromatic amines is 1. The molecule has 2 amide bonds. The lowest BCUT2D eigenvalue weighted by Gasteiger charge is -2.35. The van der Waals surface area contributed by atoms with Crippen LogP contribution in [0.3, 0.4) is 0 Å². The molecule has 0 unspecified atom stereocenters. The molecule has 0 saturated carbocycles. The van der Waals surface area contributed by atoms with Gasteiger partial charge in [-0.15, -0.1) is 0 Å². The Hall–Kier alpha value is -2.15. The molecule has 0 radical (unpaired) electrons. The van der Waals surface area contributed by atoms with Crippen molar-refractivity contribution in [1.82, 2.24) is 19.7 Å². The van der Waals surface area contributed by atoms with Crippen LogP contribution < -0.4 is 0 Å². The Bertz CT molecular complexity index is 599. The van der Waals surface area contributed by atoms with E-state index in [9.17, 15) is 14.4 Å². The summed E-state index contributed by atoms with van der Waals surface area (Å²) in [6.07, 6.45) is 1.56. The lowest BCUT2D eigenvalue weighted by Crippen LogP contribution is -2.51. The van der Waals surface area contributed by atoms with Gasteiger partial charge in [-0.2, -0.15) is 0 Å². The number of carbonyl (C=O) groups is 3. The van der Waals surface area contributed by atoms with E-state index in [1.807, 2.05) is 18.7 Å². The molecule has 7 heteroatoms. The second-order valence-electron chi connectivity index (χ2n) is 5.99. The van der Waals surface area contributed by atoms with Crippen molar-refractivity contribution in [2.24, 2.45) is 0 Å². The van der Waals surface area contributed by atoms with Gasteiger partial charge in [0.2, 0.25) is 5.91 Å². The van der Waals surface area contributed by atoms with Crippen molar-refractivity contribution in [3.05, 3.63) is 23.5 Å². The van der Waals surface area contributed by atoms with Gasteiger partial charge >= 0.3 is 0 Å². The van der Waals surface area contributed by atoms with Crippen LogP contribution in [0, 0.1) is 0 Å². The zero-order valence-corrected chi connectivity index (χ0v) is 14.7. The molecule has 1 N–H and O–H groups in total. The first-order valence-electron chi connectivity index (χ1n) is 8.45. The van der Waals surface area contributed by atoms with Gasteiger partial charge in [-0.25, -0.2) is 0 Å². The number of amides is 2. The number of carbonyl (C=O) groups excluding carboxylic acids is 3. The number of Topliss-reactive ketones (excluding diaryl/α,β-unsaturated/α-hetero) is 1. The van der Waals surface area contributed by atoms with E-state index >= 15 is 0 Å². The number of hydrogen-bond donors (Lipinski definition) is 1. The van der Waals surface area contributed by atoms with Crippen LogP contribution in [0.15, 0.2) is 12.3 Å². The van der Waals surface area contributed by atoms with Crippen LogP contribution in [0.2, 0.25) is 0 Å². The SMILES string of the molecule is CCN(CC)C(=O)CN1CCN(C(=O)c2cc(C(C)=O)c[nH]2)CC1. The predicted molar refractivity (Wildman–Crippen MR) is 91.1 cm³/mol. The van der Waals surface area contributed by atoms with Crippen molar-refractivity contribution in [2.75, 3.05) is 45.8 Å². The summed E-state index contributed by atoms with van der Waals surface area (Å²) in [5.41, 5.74) is 0.953. The highest BCUT2D eigenvalue weighted by molar-refractivity contribution is 5.99. The number of hydrogen-bond acceptors (Lipinski definition) is 4. The Kier molecular flexibility index (Phi) is 6.14. The third kappa shape index (κ3) is 4.23. The summed E-state index contributed by atoms with van der Waals surface area (Å²) in [6.45, 7) is 9.80. The van der Waals surface area contributed by atoms with Gasteiger partial charge in [-0.1, -0.05) is 0 Å². The van der Waals surface area contributed by atoms with Gasteiger partial charge < -0.3 is 14.8 Å². The maximum atomic E-state index is 12.5. The summed E-state index contributed by atoms with van der Waals surface area (Å²) < 4.78 is 0. The third-order valence-electron chi connectivity index (χ3n) is 4.45. The van der Waals surface area contributed by atoms with Crippen LogP contribution in [0.1, 0.15) is 41.6 Å². The lowest BCUT2D eigenvalue weighted by atomic mass is 10.2. The van der Waals surface area contributed by atoms with Gasteiger partial charge in [0.1, 0.15) is 5.69 Å². The van der Waals surface area contributed by atoms with Gasteiger partial charge in [-0.3, -0.25) is 19.3 Å². The van der Waals surface area contributed by atoms with E-state index in [1.54, 1.807) is 17.2 Å². The minimum atomic E-state index is -0.0998. The maximum absolute atomic E-state index is 12.5. The fourth-order valence-electron chi connectivity index (χ4n) is 2.87. The van der Waals surface area contributed by atoms with Crippen LogP contribution in [0.4, 0.5) is 0 Å². The van der Waals surface area contributed by atoms with Crippen LogP contribution in [-0.2, 0) is 4.79 Å². The van der Waals surface area contributed by atoms with Crippen LogP contribution in [0.5, 0.6) is 0 Å². The highest BCUT2D eigenvalue weighted by Gasteiger charge is 2.25. The molecule has 0 atom stereocenters. The molecule has 0 aromatic carbocycles. The van der Waals surface area contributed by atoms with E-state index in [2.05, 4.69) is 9.88 Å². The number of H-pyrrole nitrogens is 1. The molecule has 2 heterocycles. The first-order chi connectivity index (χ1) is 11.5. The number of piperazine rings is 1. The molecule has 1 aromatic rings. The van der Waals surface area contributed by atoms with Crippen molar-refractivity contribution in [1.29, 1.82) is 0 Å². The minimum Gasteiger partial charge on any atom is -0.356 e. The molecule has 1 aliphatic heterocycles. The molecular formula is C17H26N4O3. The number of nitrogens with zero attached hydrogens (tertiary/aromatic N) is 3. The van der Waals surface area contributed by atoms with Crippen molar-refractivity contribution in [3.8, 4) is 0 Å². The second-order valence-corrected chi connectivity index (χ2v) is 5.99. The van der Waals surface area contributed by atoms with Crippen molar-refractivity contribution >= 4 is 17.6 Å². The van der Waals surface area contributed by atoms with E-state index in [0.29, 0.717) is 44.0 Å². The Labute approximate surface area is 142 Å². The van der Waals surface area contributed by atoms with Gasteiger partial charge in [0.15, 0.2) is 5.78 Å². The lowest BCUT2D eigenvalue weighted by molar-refractivity contribution is -0.132. The Morgan fingerprint density at radius 1 is 1.12 bits per heavy atom. The summed E-state index contributed by atoms with van der Waals surface area (Å²) in [7, 11) is 0. The highest BCUT2D eigenvalue weighted by atomic mass is 16.2. The van der Waals surface area contributed by atoms with Gasteiger partial charge in [-0.05, 0) is 26.8 Å². The van der Waals surface area contributed by atoms with Gasteiger partial charge in [0, 0.05) is 51.0 Å². The normalized spacial score (nSPS) is 15.4. The zero-order chi connectivity index (χ0) is 17.7. The molecule has 0 spiro atoms. The molecule has 1 aliphatic rings. The Morgan fingerprint density at radius 2 is 1.75 bits per heavy atom. The van der Waals surface area contributed by atoms with E-state index in [-0.39, 0.29) is 17.6 Å². The molecule has 2 rings (SSSR count). The summed E-state index contributed by atoms with van der Waals surface area (Å²) in [6, 6.07) is 1.60. The van der Waals surface area contributed by atoms with Crippen LogP contribution in [-0.4, -0.2) is 83.1 Å². The number of ketones is 1. The fraction of sp³-hybridized carbons (Fsp3) is 0.588. The average Bonchev–Trinajstić information content (AvgIpc) is 3.06. The minimum absolute atomic E-state index is 0.0648. The summed E-state index contributed by atoms with van der Waals surface area (Å²) >= 11 is 0. The first-order valence-corrected chi connectivity index (χ1v) is 8.45. The molecule has 0 bridgehead atoms. The molecule has 0 aliphatic carbocycles. The molecule has 1 aromatic heterocycles. The number of aromatic nitrogens is 1. The smallest absolute Gasteiger partial charge is 0.270 e. The topological polar surface area (TPSA) is 76.7 Å². The molecule has 24 heavy (non-hydrogen) atoms. The second kappa shape index (κ2) is 8.10. The molecular weight excluding hydrogens is 308 g/mol. The van der Waals surface area contributed by atoms with Gasteiger partial charge in [0.25, 0.3) is 5.91 Å². The van der Waals surface area contributed by atoms with E-state index in [1.165, 1.54) is 6.92 Å². The third-order valence-corrected chi connectivity index (χ3v) is 4.45. The van der Waals surface area contributed by atoms with Crippen LogP contribution in [0.25, 0.3) is 0 Å². The molecule has 132 valence electrons. The van der Waals surface area contributed by atoms with Crippen molar-refractivity contribution in [2.45, 2.75) is 20.8 Å². The van der Waals surface area contributed by atoms with Crippen molar-refractivity contribution in [3.63, 3.8) is 0 Å². The highest BCUT2D eigenvalue weighted by Crippen LogP contribution is 2.10. The van der Waals surface area contributed by atoms with E-state index in [4.69, 9.17) is 0 Å². The van der Waals surface area contributed by atoms with Gasteiger partial charge in [0.05, 0.1) is 6.54 Å². The summed E-state index contributed by atoms with van der Waals surface area (Å²) in [5, 5.41) is 0. The van der Waals surface area contributed by atoms with Crippen molar-refractivity contribution < 1.29 is 14.4 Å². The summed E-state index contributed by atoms with van der Waals surface area (Å²) in [5.74, 6) is -0.0301. The fourth-order valence-corrected chi connectivity index (χ4v) is 2.87. The summed E-state index contributed by atoms with van der Waals surface area (Å²) in [4.78, 5) is 44.5. The Balaban J connectivity index is 1.86. The zero-order valence-electron chi connectivity index (χ0n) is 14.7. The average molecular weight is 334 g/mol. The Morgan fingerprint density at radius 3 is 2.25 bits per heavy atom. The largest absolute Gasteiger partial charge is 0.356 e.